The normalized spacial score (nSPS) is 20.6. The Morgan fingerprint density at radius 1 is 1.53 bits per heavy atom. The minimum Gasteiger partial charge on any atom is -0.353 e. The van der Waals surface area contributed by atoms with Gasteiger partial charge >= 0.3 is 0 Å². The fourth-order valence-corrected chi connectivity index (χ4v) is 1.79. The van der Waals surface area contributed by atoms with Gasteiger partial charge in [-0.3, -0.25) is 4.68 Å². The van der Waals surface area contributed by atoms with Crippen LogP contribution in [0.25, 0.3) is 0 Å². The fraction of sp³-hybridized carbons (Fsp3) is 0.818. The van der Waals surface area contributed by atoms with Crippen LogP contribution in [-0.2, 0) is 22.6 Å². The van der Waals surface area contributed by atoms with Crippen LogP contribution < -0.4 is 5.73 Å². The van der Waals surface area contributed by atoms with E-state index in [1.54, 1.807) is 4.68 Å². The molecule has 1 aromatic rings. The van der Waals surface area contributed by atoms with Crippen LogP contribution >= 0.6 is 0 Å². The number of rotatable bonds is 6. The molecule has 0 aliphatic carbocycles. The molecule has 1 saturated heterocycles. The van der Waals surface area contributed by atoms with Gasteiger partial charge in [0.15, 0.2) is 6.29 Å². The second kappa shape index (κ2) is 6.68. The van der Waals surface area contributed by atoms with Crippen LogP contribution in [-0.4, -0.2) is 34.4 Å². The summed E-state index contributed by atoms with van der Waals surface area (Å²) in [7, 11) is 0. The van der Waals surface area contributed by atoms with E-state index in [2.05, 4.69) is 10.3 Å². The predicted octanol–water partition coefficient (Wildman–Crippen LogP) is 0.670. The highest BCUT2D eigenvalue weighted by Crippen LogP contribution is 2.14. The molecule has 1 fully saturated rings. The van der Waals surface area contributed by atoms with Crippen molar-refractivity contribution < 1.29 is 9.47 Å². The molecule has 1 unspecified atom stereocenters. The summed E-state index contributed by atoms with van der Waals surface area (Å²) in [6.45, 7) is 2.74. The van der Waals surface area contributed by atoms with Crippen LogP contribution in [0.3, 0.4) is 0 Å². The third kappa shape index (κ3) is 4.07. The van der Waals surface area contributed by atoms with Gasteiger partial charge in [-0.05, 0) is 32.2 Å². The van der Waals surface area contributed by atoms with E-state index >= 15 is 0 Å². The Morgan fingerprint density at radius 2 is 2.47 bits per heavy atom. The first kappa shape index (κ1) is 12.5. The van der Waals surface area contributed by atoms with E-state index in [9.17, 15) is 0 Å². The van der Waals surface area contributed by atoms with Gasteiger partial charge in [0.25, 0.3) is 0 Å². The quantitative estimate of drug-likeness (QED) is 0.791. The summed E-state index contributed by atoms with van der Waals surface area (Å²) in [6.07, 6.45) is 6.02. The molecule has 0 amide bonds. The van der Waals surface area contributed by atoms with Crippen LogP contribution in [0.2, 0.25) is 0 Å². The minimum atomic E-state index is -0.0714. The lowest BCUT2D eigenvalue weighted by molar-refractivity contribution is -0.169. The van der Waals surface area contributed by atoms with Crippen LogP contribution in [0.4, 0.5) is 0 Å². The Labute approximate surface area is 101 Å². The monoisotopic (exact) mass is 240 g/mol. The SMILES string of the molecule is NCCCn1cc(COC2CCCCO2)nn1. The van der Waals surface area contributed by atoms with Gasteiger partial charge in [-0.25, -0.2) is 0 Å². The molecular weight excluding hydrogens is 220 g/mol. The number of nitrogens with zero attached hydrogens (tertiary/aromatic N) is 3. The zero-order valence-electron chi connectivity index (χ0n) is 10.0. The number of nitrogens with two attached hydrogens (primary N) is 1. The van der Waals surface area contributed by atoms with Gasteiger partial charge in [-0.1, -0.05) is 5.21 Å². The maximum Gasteiger partial charge on any atom is 0.158 e. The summed E-state index contributed by atoms with van der Waals surface area (Å²) in [5.74, 6) is 0. The van der Waals surface area contributed by atoms with Crippen molar-refractivity contribution in [3.63, 3.8) is 0 Å². The van der Waals surface area contributed by atoms with E-state index in [0.717, 1.165) is 38.1 Å². The van der Waals surface area contributed by atoms with Crippen molar-refractivity contribution in [1.82, 2.24) is 15.0 Å². The van der Waals surface area contributed by atoms with E-state index in [-0.39, 0.29) is 6.29 Å². The molecule has 0 spiro atoms. The molecule has 2 N–H and O–H groups in total. The largest absolute Gasteiger partial charge is 0.353 e. The summed E-state index contributed by atoms with van der Waals surface area (Å²) in [6, 6.07) is 0. The second-order valence-electron chi connectivity index (χ2n) is 4.22. The molecule has 1 aromatic heterocycles. The van der Waals surface area contributed by atoms with Gasteiger partial charge in [-0.2, -0.15) is 0 Å². The Kier molecular flexibility index (Phi) is 4.90. The van der Waals surface area contributed by atoms with Gasteiger partial charge in [0.2, 0.25) is 0 Å². The molecule has 0 aromatic carbocycles. The lowest BCUT2D eigenvalue weighted by Gasteiger charge is -2.22. The Bertz CT molecular complexity index is 323. The molecule has 0 radical (unpaired) electrons. The predicted molar refractivity (Wildman–Crippen MR) is 62.1 cm³/mol. The summed E-state index contributed by atoms with van der Waals surface area (Å²) in [4.78, 5) is 0. The summed E-state index contributed by atoms with van der Waals surface area (Å²) < 4.78 is 12.9. The first-order valence-corrected chi connectivity index (χ1v) is 6.21. The average molecular weight is 240 g/mol. The molecule has 6 heteroatoms. The first-order chi connectivity index (χ1) is 8.38. The minimum absolute atomic E-state index is 0.0714. The van der Waals surface area contributed by atoms with Crippen molar-refractivity contribution in [2.24, 2.45) is 5.73 Å². The molecule has 1 aliphatic heterocycles. The number of hydrogen-bond donors (Lipinski definition) is 1. The molecule has 1 atom stereocenters. The zero-order chi connectivity index (χ0) is 11.9. The first-order valence-electron chi connectivity index (χ1n) is 6.21. The molecule has 96 valence electrons. The van der Waals surface area contributed by atoms with Crippen molar-refractivity contribution in [1.29, 1.82) is 0 Å². The highest BCUT2D eigenvalue weighted by Gasteiger charge is 2.14. The Balaban J connectivity index is 1.72. The van der Waals surface area contributed by atoms with E-state index in [1.807, 2.05) is 6.20 Å². The Morgan fingerprint density at radius 3 is 3.24 bits per heavy atom. The van der Waals surface area contributed by atoms with E-state index < -0.39 is 0 Å². The van der Waals surface area contributed by atoms with Gasteiger partial charge in [-0.15, -0.1) is 5.10 Å². The van der Waals surface area contributed by atoms with Gasteiger partial charge in [0.1, 0.15) is 5.69 Å². The fourth-order valence-electron chi connectivity index (χ4n) is 1.79. The average Bonchev–Trinajstić information content (AvgIpc) is 2.83. The standard InChI is InChI=1S/C11H20N4O2/c12-5-3-6-15-8-10(13-14-15)9-17-11-4-1-2-7-16-11/h8,11H,1-7,9,12H2. The zero-order valence-corrected chi connectivity index (χ0v) is 10.0. The van der Waals surface area contributed by atoms with Crippen molar-refractivity contribution >= 4 is 0 Å². The van der Waals surface area contributed by atoms with Crippen molar-refractivity contribution in [3.8, 4) is 0 Å². The summed E-state index contributed by atoms with van der Waals surface area (Å²) in [5.41, 5.74) is 6.28. The van der Waals surface area contributed by atoms with Crippen LogP contribution in [0, 0.1) is 0 Å². The van der Waals surface area contributed by atoms with Crippen LogP contribution in [0.15, 0.2) is 6.20 Å². The van der Waals surface area contributed by atoms with Gasteiger partial charge in [0.05, 0.1) is 12.8 Å². The third-order valence-electron chi connectivity index (χ3n) is 2.73. The lowest BCUT2D eigenvalue weighted by atomic mass is 10.2. The van der Waals surface area contributed by atoms with Crippen molar-refractivity contribution in [2.75, 3.05) is 13.2 Å². The maximum absolute atomic E-state index is 5.62. The summed E-state index contributed by atoms with van der Waals surface area (Å²) in [5, 5.41) is 8.05. The highest BCUT2D eigenvalue weighted by molar-refractivity contribution is 4.89. The van der Waals surface area contributed by atoms with Crippen LogP contribution in [0.5, 0.6) is 0 Å². The molecule has 0 saturated carbocycles. The number of aromatic nitrogens is 3. The number of hydrogen-bond acceptors (Lipinski definition) is 5. The second-order valence-corrected chi connectivity index (χ2v) is 4.22. The molecule has 2 rings (SSSR count). The van der Waals surface area contributed by atoms with Crippen molar-refractivity contribution in [2.45, 2.75) is 45.1 Å². The van der Waals surface area contributed by atoms with E-state index in [4.69, 9.17) is 15.2 Å². The number of aryl methyl sites for hydroxylation is 1. The van der Waals surface area contributed by atoms with Gasteiger partial charge in [0, 0.05) is 13.2 Å². The third-order valence-corrected chi connectivity index (χ3v) is 2.73. The Hall–Kier alpha value is -0.980. The van der Waals surface area contributed by atoms with E-state index in [0.29, 0.717) is 13.2 Å². The number of ether oxygens (including phenoxy) is 2. The van der Waals surface area contributed by atoms with Crippen LogP contribution in [0.1, 0.15) is 31.4 Å². The molecular formula is C11H20N4O2. The molecule has 6 nitrogen and oxygen atoms in total. The smallest absolute Gasteiger partial charge is 0.158 e. The van der Waals surface area contributed by atoms with Crippen molar-refractivity contribution in [3.05, 3.63) is 11.9 Å². The highest BCUT2D eigenvalue weighted by atomic mass is 16.7. The topological polar surface area (TPSA) is 75.2 Å². The molecule has 1 aliphatic rings. The van der Waals surface area contributed by atoms with Gasteiger partial charge < -0.3 is 15.2 Å². The lowest BCUT2D eigenvalue weighted by Crippen LogP contribution is -2.22. The maximum atomic E-state index is 5.62. The molecule has 0 bridgehead atoms. The molecule has 2 heterocycles. The summed E-state index contributed by atoms with van der Waals surface area (Å²) >= 11 is 0. The molecule has 17 heavy (non-hydrogen) atoms. The van der Waals surface area contributed by atoms with E-state index in [1.165, 1.54) is 6.42 Å².